The normalized spacial score (nSPS) is 12.6. The van der Waals surface area contributed by atoms with Crippen LogP contribution in [0, 0.1) is 13.8 Å². The number of rotatable bonds is 7. The number of aromatic nitrogens is 2. The van der Waals surface area contributed by atoms with E-state index in [2.05, 4.69) is 18.8 Å². The van der Waals surface area contributed by atoms with E-state index in [-0.39, 0.29) is 16.8 Å². The van der Waals surface area contributed by atoms with Gasteiger partial charge in [-0.25, -0.2) is 8.42 Å². The first-order chi connectivity index (χ1) is 15.3. The zero-order valence-corrected chi connectivity index (χ0v) is 19.2. The number of fused-ring (bicyclic) bond motifs is 1. The maximum Gasteiger partial charge on any atom is 0.243 e. The van der Waals surface area contributed by atoms with E-state index >= 15 is 0 Å². The van der Waals surface area contributed by atoms with Crippen molar-refractivity contribution in [2.75, 3.05) is 5.32 Å². The van der Waals surface area contributed by atoms with Gasteiger partial charge in [0, 0.05) is 5.69 Å². The zero-order valence-electron chi connectivity index (χ0n) is 17.6. The van der Waals surface area contributed by atoms with Crippen LogP contribution in [-0.2, 0) is 21.2 Å². The molecule has 1 unspecified atom stereocenters. The first kappa shape index (κ1) is 22.1. The third kappa shape index (κ3) is 4.85. The van der Waals surface area contributed by atoms with Crippen molar-refractivity contribution in [3.63, 3.8) is 0 Å². The van der Waals surface area contributed by atoms with Gasteiger partial charge in [0.25, 0.3) is 0 Å². The molecule has 3 aromatic carbocycles. The van der Waals surface area contributed by atoms with Gasteiger partial charge in [0.15, 0.2) is 0 Å². The van der Waals surface area contributed by atoms with Crippen molar-refractivity contribution in [2.45, 2.75) is 31.2 Å². The van der Waals surface area contributed by atoms with Gasteiger partial charge in [-0.05, 0) is 61.2 Å². The molecule has 1 atom stereocenters. The second kappa shape index (κ2) is 9.15. The van der Waals surface area contributed by atoms with E-state index in [1.165, 1.54) is 6.07 Å². The molecule has 1 aromatic heterocycles. The summed E-state index contributed by atoms with van der Waals surface area (Å²) in [4.78, 5) is 13.2. The van der Waals surface area contributed by atoms with Crippen LogP contribution in [0.2, 0.25) is 0 Å². The van der Waals surface area contributed by atoms with Gasteiger partial charge in [-0.2, -0.15) is 13.5 Å². The Bertz CT molecular complexity index is 1370. The molecular weight excluding hydrogens is 444 g/mol. The van der Waals surface area contributed by atoms with E-state index in [1.807, 2.05) is 56.3 Å². The molecule has 7 nitrogen and oxygen atoms in total. The Hall–Kier alpha value is -3.14. The van der Waals surface area contributed by atoms with Crippen LogP contribution >= 0.6 is 11.7 Å². The molecule has 9 heteroatoms. The van der Waals surface area contributed by atoms with Gasteiger partial charge in [-0.1, -0.05) is 42.5 Å². The molecule has 0 radical (unpaired) electrons. The van der Waals surface area contributed by atoms with Crippen molar-refractivity contribution in [1.82, 2.24) is 13.5 Å². The number of nitrogens with zero attached hydrogens (tertiary/aromatic N) is 2. The molecule has 0 aliphatic rings. The molecule has 0 fully saturated rings. The molecule has 0 aliphatic carbocycles. The Morgan fingerprint density at radius 3 is 2.50 bits per heavy atom. The van der Waals surface area contributed by atoms with E-state index in [1.54, 1.807) is 18.2 Å². The predicted molar refractivity (Wildman–Crippen MR) is 126 cm³/mol. The van der Waals surface area contributed by atoms with E-state index in [0.717, 1.165) is 28.4 Å². The third-order valence-corrected chi connectivity index (χ3v) is 7.26. The molecule has 1 heterocycles. The van der Waals surface area contributed by atoms with Crippen molar-refractivity contribution in [3.05, 3.63) is 83.4 Å². The first-order valence-electron chi connectivity index (χ1n) is 9.99. The molecule has 0 bridgehead atoms. The van der Waals surface area contributed by atoms with E-state index in [0.29, 0.717) is 11.2 Å². The van der Waals surface area contributed by atoms with Crippen molar-refractivity contribution < 1.29 is 13.2 Å². The number of amides is 1. The highest BCUT2D eigenvalue weighted by Crippen LogP contribution is 2.22. The number of nitrogens with one attached hydrogen (secondary N) is 2. The average molecular weight is 467 g/mol. The number of sulfonamides is 1. The highest BCUT2D eigenvalue weighted by atomic mass is 32.2. The minimum absolute atomic E-state index is 0.000733. The van der Waals surface area contributed by atoms with Gasteiger partial charge in [0.05, 0.1) is 11.7 Å². The largest absolute Gasteiger partial charge is 0.325 e. The van der Waals surface area contributed by atoms with Gasteiger partial charge in [-0.15, -0.1) is 0 Å². The van der Waals surface area contributed by atoms with Crippen LogP contribution in [0.15, 0.2) is 71.6 Å². The van der Waals surface area contributed by atoms with Crippen LogP contribution in [-0.4, -0.2) is 29.1 Å². The quantitative estimate of drug-likeness (QED) is 0.431. The number of hydrogen-bond acceptors (Lipinski definition) is 6. The fraction of sp³-hybridized carbons (Fsp3) is 0.174. The van der Waals surface area contributed by atoms with Crippen LogP contribution in [0.5, 0.6) is 0 Å². The molecule has 2 N–H and O–H groups in total. The summed E-state index contributed by atoms with van der Waals surface area (Å²) in [5.41, 5.74) is 4.38. The number of carbonyl (C=O) groups excluding carboxylic acids is 1. The number of benzene rings is 3. The maximum absolute atomic E-state index is 13.2. The standard InChI is InChI=1S/C23H22N4O3S2/c1-15-11-12-18(13-16(15)2)24-23(28)20(14-17-7-4-3-5-8-17)27-32(29,30)21-10-6-9-19-22(21)26-31-25-19/h3-13,20,27H,14H2,1-2H3,(H,24,28). The van der Waals surface area contributed by atoms with Crippen LogP contribution in [0.25, 0.3) is 11.0 Å². The van der Waals surface area contributed by atoms with Gasteiger partial charge in [-0.3, -0.25) is 4.79 Å². The van der Waals surface area contributed by atoms with Crippen molar-refractivity contribution in [3.8, 4) is 0 Å². The van der Waals surface area contributed by atoms with Crippen LogP contribution in [0.1, 0.15) is 16.7 Å². The molecule has 1 amide bonds. The lowest BCUT2D eigenvalue weighted by Crippen LogP contribution is -2.45. The van der Waals surface area contributed by atoms with Crippen LogP contribution < -0.4 is 10.0 Å². The monoisotopic (exact) mass is 466 g/mol. The fourth-order valence-electron chi connectivity index (χ4n) is 3.34. The van der Waals surface area contributed by atoms with Crippen molar-refractivity contribution in [1.29, 1.82) is 0 Å². The first-order valence-corrected chi connectivity index (χ1v) is 12.2. The highest BCUT2D eigenvalue weighted by molar-refractivity contribution is 7.89. The lowest BCUT2D eigenvalue weighted by atomic mass is 10.1. The number of hydrogen-bond donors (Lipinski definition) is 2. The Morgan fingerprint density at radius 2 is 1.75 bits per heavy atom. The molecule has 164 valence electrons. The van der Waals surface area contributed by atoms with Crippen molar-refractivity contribution in [2.24, 2.45) is 0 Å². The number of carbonyl (C=O) groups is 1. The van der Waals surface area contributed by atoms with Gasteiger partial charge in [0.1, 0.15) is 22.0 Å². The van der Waals surface area contributed by atoms with Crippen LogP contribution in [0.3, 0.4) is 0 Å². The topological polar surface area (TPSA) is 101 Å². The van der Waals surface area contributed by atoms with Crippen molar-refractivity contribution >= 4 is 44.4 Å². The number of anilines is 1. The van der Waals surface area contributed by atoms with E-state index in [9.17, 15) is 13.2 Å². The smallest absolute Gasteiger partial charge is 0.243 e. The zero-order chi connectivity index (χ0) is 22.7. The molecule has 4 aromatic rings. The van der Waals surface area contributed by atoms with E-state index < -0.39 is 22.0 Å². The second-order valence-electron chi connectivity index (χ2n) is 7.54. The molecule has 32 heavy (non-hydrogen) atoms. The molecule has 0 aliphatic heterocycles. The van der Waals surface area contributed by atoms with E-state index in [4.69, 9.17) is 0 Å². The highest BCUT2D eigenvalue weighted by Gasteiger charge is 2.28. The summed E-state index contributed by atoms with van der Waals surface area (Å²) in [6, 6.07) is 18.6. The molecule has 0 saturated carbocycles. The second-order valence-corrected chi connectivity index (χ2v) is 9.75. The molecule has 0 spiro atoms. The summed E-state index contributed by atoms with van der Waals surface area (Å²) < 4.78 is 37.3. The molecule has 4 rings (SSSR count). The summed E-state index contributed by atoms with van der Waals surface area (Å²) in [6.07, 6.45) is 0.196. The Balaban J connectivity index is 1.65. The summed E-state index contributed by atoms with van der Waals surface area (Å²) in [5.74, 6) is -0.441. The SMILES string of the molecule is Cc1ccc(NC(=O)C(Cc2ccccc2)NS(=O)(=O)c2cccc3nsnc23)cc1C. The Morgan fingerprint density at radius 1 is 0.969 bits per heavy atom. The van der Waals surface area contributed by atoms with Gasteiger partial charge >= 0.3 is 0 Å². The lowest BCUT2D eigenvalue weighted by molar-refractivity contribution is -0.117. The Labute approximate surface area is 190 Å². The lowest BCUT2D eigenvalue weighted by Gasteiger charge is -2.19. The predicted octanol–water partition coefficient (Wildman–Crippen LogP) is 3.84. The summed E-state index contributed by atoms with van der Waals surface area (Å²) in [5, 5.41) is 2.84. The third-order valence-electron chi connectivity index (χ3n) is 5.21. The van der Waals surface area contributed by atoms with Gasteiger partial charge < -0.3 is 5.32 Å². The Kier molecular flexibility index (Phi) is 6.31. The average Bonchev–Trinajstić information content (AvgIpc) is 3.25. The molecular formula is C23H22N4O3S2. The molecule has 0 saturated heterocycles. The summed E-state index contributed by atoms with van der Waals surface area (Å²) >= 11 is 0.944. The number of aryl methyl sites for hydroxylation is 2. The maximum atomic E-state index is 13.2. The minimum atomic E-state index is -4.03. The summed E-state index contributed by atoms with van der Waals surface area (Å²) in [7, 11) is -4.03. The summed E-state index contributed by atoms with van der Waals surface area (Å²) in [6.45, 7) is 3.94. The van der Waals surface area contributed by atoms with Gasteiger partial charge in [0.2, 0.25) is 15.9 Å². The fourth-order valence-corrected chi connectivity index (χ4v) is 5.30. The van der Waals surface area contributed by atoms with Crippen LogP contribution in [0.4, 0.5) is 5.69 Å². The minimum Gasteiger partial charge on any atom is -0.325 e.